The van der Waals surface area contributed by atoms with Crippen molar-refractivity contribution in [1.29, 1.82) is 0 Å². The highest BCUT2D eigenvalue weighted by molar-refractivity contribution is 5.48. The summed E-state index contributed by atoms with van der Waals surface area (Å²) in [5, 5.41) is 6.83. The molecule has 0 saturated heterocycles. The highest BCUT2D eigenvalue weighted by Crippen LogP contribution is 2.07. The molecule has 3 N–H and O–H groups in total. The van der Waals surface area contributed by atoms with Crippen LogP contribution in [0.25, 0.3) is 0 Å². The van der Waals surface area contributed by atoms with Crippen LogP contribution < -0.4 is 11.1 Å². The van der Waals surface area contributed by atoms with Crippen LogP contribution in [0.5, 0.6) is 0 Å². The second-order valence-electron chi connectivity index (χ2n) is 3.39. The molecule has 0 bridgehead atoms. The Hall–Kier alpha value is -2.11. The third kappa shape index (κ3) is 2.69. The molecule has 6 nitrogen and oxygen atoms in total. The molecular formula is C10H13N5O. The van der Waals surface area contributed by atoms with Gasteiger partial charge in [0.25, 0.3) is 0 Å². The van der Waals surface area contributed by atoms with Gasteiger partial charge in [0, 0.05) is 30.9 Å². The number of nitrogens with one attached hydrogen (secondary N) is 1. The zero-order valence-corrected chi connectivity index (χ0v) is 8.97. The quantitative estimate of drug-likeness (QED) is 0.797. The van der Waals surface area contributed by atoms with Gasteiger partial charge >= 0.3 is 0 Å². The number of nitrogen functional groups attached to an aromatic ring is 1. The van der Waals surface area contributed by atoms with E-state index in [0.717, 1.165) is 5.82 Å². The average Bonchev–Trinajstić information content (AvgIpc) is 2.64. The van der Waals surface area contributed by atoms with E-state index in [9.17, 15) is 0 Å². The van der Waals surface area contributed by atoms with Gasteiger partial charge in [-0.2, -0.15) is 4.98 Å². The van der Waals surface area contributed by atoms with Gasteiger partial charge in [-0.3, -0.25) is 0 Å². The maximum Gasteiger partial charge on any atom is 0.228 e. The highest BCUT2D eigenvalue weighted by atomic mass is 16.5. The Bertz CT molecular complexity index is 468. The lowest BCUT2D eigenvalue weighted by molar-refractivity contribution is 0.377. The van der Waals surface area contributed by atoms with Crippen LogP contribution in [0.1, 0.15) is 11.7 Å². The van der Waals surface area contributed by atoms with Crippen LogP contribution in [0.3, 0.4) is 0 Å². The Morgan fingerprint density at radius 1 is 1.50 bits per heavy atom. The Kier molecular flexibility index (Phi) is 3.00. The Morgan fingerprint density at radius 2 is 2.38 bits per heavy atom. The molecule has 0 radical (unpaired) electrons. The summed E-state index contributed by atoms with van der Waals surface area (Å²) in [6, 6.07) is 3.52. The minimum absolute atomic E-state index is 0.619. The van der Waals surface area contributed by atoms with Gasteiger partial charge in [0.1, 0.15) is 5.82 Å². The molecule has 0 saturated carbocycles. The predicted molar refractivity (Wildman–Crippen MR) is 59.9 cm³/mol. The highest BCUT2D eigenvalue weighted by Gasteiger charge is 2.02. The summed E-state index contributed by atoms with van der Waals surface area (Å²) in [6.45, 7) is 2.47. The monoisotopic (exact) mass is 219 g/mol. The summed E-state index contributed by atoms with van der Waals surface area (Å²) in [7, 11) is 0. The van der Waals surface area contributed by atoms with Crippen LogP contribution in [0, 0.1) is 6.92 Å². The molecule has 2 aromatic heterocycles. The molecule has 0 aliphatic rings. The van der Waals surface area contributed by atoms with Gasteiger partial charge in [0.05, 0.1) is 0 Å². The van der Waals surface area contributed by atoms with E-state index < -0.39 is 0 Å². The standard InChI is InChI=1S/C10H13N5O/c1-7-14-10(16-15-7)3-5-13-9-6-8(11)2-4-12-9/h2,4,6H,3,5H2,1H3,(H3,11,12,13). The molecule has 0 unspecified atom stereocenters. The maximum atomic E-state index is 5.62. The minimum atomic E-state index is 0.619. The maximum absolute atomic E-state index is 5.62. The second-order valence-corrected chi connectivity index (χ2v) is 3.39. The van der Waals surface area contributed by atoms with E-state index >= 15 is 0 Å². The molecule has 0 aromatic carbocycles. The summed E-state index contributed by atoms with van der Waals surface area (Å²) in [5.41, 5.74) is 6.31. The second kappa shape index (κ2) is 4.61. The zero-order valence-electron chi connectivity index (χ0n) is 8.97. The number of rotatable bonds is 4. The van der Waals surface area contributed by atoms with Gasteiger partial charge in [-0.15, -0.1) is 0 Å². The van der Waals surface area contributed by atoms with Crippen LogP contribution in [-0.4, -0.2) is 21.7 Å². The normalized spacial score (nSPS) is 10.3. The summed E-state index contributed by atoms with van der Waals surface area (Å²) in [5.74, 6) is 2.02. The van der Waals surface area contributed by atoms with Gasteiger partial charge in [0.15, 0.2) is 5.82 Å². The van der Waals surface area contributed by atoms with Crippen molar-refractivity contribution in [3.8, 4) is 0 Å². The van der Waals surface area contributed by atoms with Gasteiger partial charge in [0.2, 0.25) is 5.89 Å². The summed E-state index contributed by atoms with van der Waals surface area (Å²) < 4.78 is 4.98. The zero-order chi connectivity index (χ0) is 11.4. The molecule has 2 heterocycles. The molecule has 2 rings (SSSR count). The molecule has 0 spiro atoms. The van der Waals surface area contributed by atoms with Crippen LogP contribution in [0.2, 0.25) is 0 Å². The van der Waals surface area contributed by atoms with Crippen molar-refractivity contribution in [2.75, 3.05) is 17.6 Å². The van der Waals surface area contributed by atoms with Crippen LogP contribution in [-0.2, 0) is 6.42 Å². The van der Waals surface area contributed by atoms with E-state index in [1.54, 1.807) is 25.3 Å². The van der Waals surface area contributed by atoms with Crippen molar-refractivity contribution in [3.63, 3.8) is 0 Å². The number of pyridine rings is 1. The molecule has 0 amide bonds. The van der Waals surface area contributed by atoms with E-state index in [1.807, 2.05) is 0 Å². The van der Waals surface area contributed by atoms with Crippen molar-refractivity contribution in [1.82, 2.24) is 15.1 Å². The summed E-state index contributed by atoms with van der Waals surface area (Å²) >= 11 is 0. The number of aromatic nitrogens is 3. The lowest BCUT2D eigenvalue weighted by Crippen LogP contribution is -2.06. The number of aryl methyl sites for hydroxylation is 1. The fourth-order valence-corrected chi connectivity index (χ4v) is 1.28. The fraction of sp³-hybridized carbons (Fsp3) is 0.300. The molecule has 84 valence electrons. The molecule has 16 heavy (non-hydrogen) atoms. The van der Waals surface area contributed by atoms with E-state index in [1.165, 1.54) is 0 Å². The molecular weight excluding hydrogens is 206 g/mol. The first-order valence-electron chi connectivity index (χ1n) is 4.98. The van der Waals surface area contributed by atoms with E-state index in [-0.39, 0.29) is 0 Å². The molecule has 0 fully saturated rings. The number of anilines is 2. The Labute approximate surface area is 92.9 Å². The third-order valence-electron chi connectivity index (χ3n) is 2.00. The topological polar surface area (TPSA) is 89.9 Å². The SMILES string of the molecule is Cc1noc(CCNc2cc(N)ccn2)n1. The summed E-state index contributed by atoms with van der Waals surface area (Å²) in [6.07, 6.45) is 2.33. The number of nitrogens with zero attached hydrogens (tertiary/aromatic N) is 3. The van der Waals surface area contributed by atoms with Crippen LogP contribution >= 0.6 is 0 Å². The smallest absolute Gasteiger partial charge is 0.228 e. The molecule has 2 aromatic rings. The molecule has 6 heteroatoms. The first-order valence-corrected chi connectivity index (χ1v) is 4.98. The fourth-order valence-electron chi connectivity index (χ4n) is 1.28. The van der Waals surface area contributed by atoms with Gasteiger partial charge in [-0.05, 0) is 13.0 Å². The van der Waals surface area contributed by atoms with Gasteiger partial charge in [-0.1, -0.05) is 5.16 Å². The Balaban J connectivity index is 1.84. The number of nitrogens with two attached hydrogens (primary N) is 1. The lowest BCUT2D eigenvalue weighted by atomic mass is 10.4. The molecule has 0 aliphatic carbocycles. The Morgan fingerprint density at radius 3 is 3.06 bits per heavy atom. The first kappa shape index (κ1) is 10.4. The first-order chi connectivity index (χ1) is 7.74. The van der Waals surface area contributed by atoms with Gasteiger partial charge in [-0.25, -0.2) is 4.98 Å². The largest absolute Gasteiger partial charge is 0.399 e. The van der Waals surface area contributed by atoms with Crippen molar-refractivity contribution in [3.05, 3.63) is 30.0 Å². The van der Waals surface area contributed by atoms with Crippen molar-refractivity contribution in [2.24, 2.45) is 0 Å². The molecule has 0 atom stereocenters. The van der Waals surface area contributed by atoms with Crippen LogP contribution in [0.4, 0.5) is 11.5 Å². The predicted octanol–water partition coefficient (Wildman–Crippen LogP) is 1.01. The average molecular weight is 219 g/mol. The van der Waals surface area contributed by atoms with Crippen molar-refractivity contribution >= 4 is 11.5 Å². The van der Waals surface area contributed by atoms with Crippen molar-refractivity contribution in [2.45, 2.75) is 13.3 Å². The van der Waals surface area contributed by atoms with E-state index in [4.69, 9.17) is 10.3 Å². The van der Waals surface area contributed by atoms with Gasteiger partial charge < -0.3 is 15.6 Å². The number of hydrogen-bond donors (Lipinski definition) is 2. The molecule has 0 aliphatic heterocycles. The van der Waals surface area contributed by atoms with E-state index in [0.29, 0.717) is 30.4 Å². The van der Waals surface area contributed by atoms with Crippen LogP contribution in [0.15, 0.2) is 22.9 Å². The lowest BCUT2D eigenvalue weighted by Gasteiger charge is -2.03. The number of hydrogen-bond acceptors (Lipinski definition) is 6. The van der Waals surface area contributed by atoms with E-state index in [2.05, 4.69) is 20.4 Å². The minimum Gasteiger partial charge on any atom is -0.399 e. The summed E-state index contributed by atoms with van der Waals surface area (Å²) in [4.78, 5) is 8.21. The van der Waals surface area contributed by atoms with Crippen molar-refractivity contribution < 1.29 is 4.52 Å². The third-order valence-corrected chi connectivity index (χ3v) is 2.00.